The minimum absolute atomic E-state index is 0.0745. The second-order valence-corrected chi connectivity index (χ2v) is 5.46. The van der Waals surface area contributed by atoms with Crippen LogP contribution >= 0.6 is 15.9 Å². The topological polar surface area (TPSA) is 51.0 Å². The maximum Gasteiger partial charge on any atom is 0.248 e. The van der Waals surface area contributed by atoms with E-state index in [0.29, 0.717) is 11.8 Å². The zero-order chi connectivity index (χ0) is 13.8. The summed E-state index contributed by atoms with van der Waals surface area (Å²) < 4.78 is 6.70. The van der Waals surface area contributed by atoms with Crippen LogP contribution in [0.2, 0.25) is 0 Å². The van der Waals surface area contributed by atoms with Crippen molar-refractivity contribution in [3.8, 4) is 11.5 Å². The SMILES string of the molecule is CCCNC(C)c1nnc(-c2ccc(C)cc2Br)o1. The lowest BCUT2D eigenvalue weighted by Gasteiger charge is -2.07. The molecule has 1 aromatic heterocycles. The molecule has 1 N–H and O–H groups in total. The van der Waals surface area contributed by atoms with Crippen molar-refractivity contribution >= 4 is 15.9 Å². The van der Waals surface area contributed by atoms with E-state index in [1.54, 1.807) is 0 Å². The Hall–Kier alpha value is -1.20. The highest BCUT2D eigenvalue weighted by Gasteiger charge is 2.15. The molecule has 102 valence electrons. The predicted molar refractivity (Wildman–Crippen MR) is 78.9 cm³/mol. The molecule has 4 nitrogen and oxygen atoms in total. The minimum atomic E-state index is 0.0745. The van der Waals surface area contributed by atoms with E-state index in [2.05, 4.69) is 38.4 Å². The summed E-state index contributed by atoms with van der Waals surface area (Å²) in [5.74, 6) is 1.17. The van der Waals surface area contributed by atoms with Gasteiger partial charge in [-0.05, 0) is 60.4 Å². The molecular formula is C14H18BrN3O. The predicted octanol–water partition coefficient (Wildman–Crippen LogP) is 3.87. The lowest BCUT2D eigenvalue weighted by Crippen LogP contribution is -2.19. The van der Waals surface area contributed by atoms with Crippen molar-refractivity contribution < 1.29 is 4.42 Å². The second kappa shape index (κ2) is 6.30. The Labute approximate surface area is 121 Å². The van der Waals surface area contributed by atoms with E-state index in [0.717, 1.165) is 23.0 Å². The Morgan fingerprint density at radius 3 is 2.84 bits per heavy atom. The van der Waals surface area contributed by atoms with Crippen molar-refractivity contribution in [2.45, 2.75) is 33.2 Å². The number of aromatic nitrogens is 2. The van der Waals surface area contributed by atoms with Crippen LogP contribution in [0.4, 0.5) is 0 Å². The van der Waals surface area contributed by atoms with Crippen LogP contribution in [0.1, 0.15) is 37.8 Å². The first kappa shape index (κ1) is 14.2. The third kappa shape index (κ3) is 3.42. The van der Waals surface area contributed by atoms with Crippen LogP contribution in [0.3, 0.4) is 0 Å². The van der Waals surface area contributed by atoms with Crippen LogP contribution < -0.4 is 5.32 Å². The summed E-state index contributed by atoms with van der Waals surface area (Å²) in [5.41, 5.74) is 2.11. The van der Waals surface area contributed by atoms with Gasteiger partial charge in [0, 0.05) is 4.47 Å². The number of nitrogens with zero attached hydrogens (tertiary/aromatic N) is 2. The highest BCUT2D eigenvalue weighted by Crippen LogP contribution is 2.28. The molecule has 0 radical (unpaired) electrons. The van der Waals surface area contributed by atoms with Crippen molar-refractivity contribution in [3.63, 3.8) is 0 Å². The summed E-state index contributed by atoms with van der Waals surface area (Å²) in [5, 5.41) is 11.6. The first-order valence-corrected chi connectivity index (χ1v) is 7.24. The monoisotopic (exact) mass is 323 g/mol. The van der Waals surface area contributed by atoms with Gasteiger partial charge in [0.2, 0.25) is 11.8 Å². The summed E-state index contributed by atoms with van der Waals surface area (Å²) in [6.45, 7) is 7.14. The van der Waals surface area contributed by atoms with E-state index >= 15 is 0 Å². The van der Waals surface area contributed by atoms with Crippen LogP contribution in [-0.2, 0) is 0 Å². The zero-order valence-corrected chi connectivity index (χ0v) is 13.0. The van der Waals surface area contributed by atoms with Gasteiger partial charge in [0.15, 0.2) is 0 Å². The largest absolute Gasteiger partial charge is 0.419 e. The fourth-order valence-electron chi connectivity index (χ4n) is 1.76. The molecule has 1 heterocycles. The molecular weight excluding hydrogens is 306 g/mol. The average Bonchev–Trinajstić information content (AvgIpc) is 2.85. The molecule has 0 aliphatic heterocycles. The van der Waals surface area contributed by atoms with Crippen LogP contribution in [0.5, 0.6) is 0 Å². The quantitative estimate of drug-likeness (QED) is 0.907. The second-order valence-electron chi connectivity index (χ2n) is 4.60. The van der Waals surface area contributed by atoms with E-state index in [-0.39, 0.29) is 6.04 Å². The number of rotatable bonds is 5. The summed E-state index contributed by atoms with van der Waals surface area (Å²) >= 11 is 3.53. The Bertz CT molecular complexity index is 553. The van der Waals surface area contributed by atoms with Crippen LogP contribution in [0, 0.1) is 6.92 Å². The molecule has 0 amide bonds. The molecule has 0 saturated heterocycles. The van der Waals surface area contributed by atoms with Gasteiger partial charge in [-0.15, -0.1) is 10.2 Å². The maximum absolute atomic E-state index is 5.73. The first-order chi connectivity index (χ1) is 9.11. The van der Waals surface area contributed by atoms with Gasteiger partial charge in [-0.25, -0.2) is 0 Å². The van der Waals surface area contributed by atoms with Gasteiger partial charge in [-0.2, -0.15) is 0 Å². The Morgan fingerprint density at radius 1 is 1.37 bits per heavy atom. The standard InChI is InChI=1S/C14H18BrN3O/c1-4-7-16-10(3)13-17-18-14(19-13)11-6-5-9(2)8-12(11)15/h5-6,8,10,16H,4,7H2,1-3H3. The fraction of sp³-hybridized carbons (Fsp3) is 0.429. The molecule has 2 rings (SSSR count). The number of aryl methyl sites for hydroxylation is 1. The average molecular weight is 324 g/mol. The van der Waals surface area contributed by atoms with E-state index in [1.807, 2.05) is 32.0 Å². The number of nitrogens with one attached hydrogen (secondary N) is 1. The molecule has 0 spiro atoms. The van der Waals surface area contributed by atoms with Crippen molar-refractivity contribution in [1.82, 2.24) is 15.5 Å². The molecule has 19 heavy (non-hydrogen) atoms. The highest BCUT2D eigenvalue weighted by molar-refractivity contribution is 9.10. The third-order valence-electron chi connectivity index (χ3n) is 2.87. The number of hydrogen-bond donors (Lipinski definition) is 1. The third-order valence-corrected chi connectivity index (χ3v) is 3.52. The first-order valence-electron chi connectivity index (χ1n) is 6.45. The number of hydrogen-bond acceptors (Lipinski definition) is 4. The Kier molecular flexibility index (Phi) is 4.71. The molecule has 0 aliphatic rings. The molecule has 0 fully saturated rings. The van der Waals surface area contributed by atoms with Gasteiger partial charge < -0.3 is 9.73 Å². The van der Waals surface area contributed by atoms with Crippen molar-refractivity contribution in [3.05, 3.63) is 34.1 Å². The molecule has 5 heteroatoms. The molecule has 1 atom stereocenters. The summed E-state index contributed by atoms with van der Waals surface area (Å²) in [6.07, 6.45) is 1.08. The van der Waals surface area contributed by atoms with Crippen LogP contribution in [0.15, 0.2) is 27.1 Å². The molecule has 0 saturated carbocycles. The minimum Gasteiger partial charge on any atom is -0.419 e. The Morgan fingerprint density at radius 2 is 2.16 bits per heavy atom. The molecule has 0 bridgehead atoms. The van der Waals surface area contributed by atoms with Crippen LogP contribution in [-0.4, -0.2) is 16.7 Å². The lowest BCUT2D eigenvalue weighted by molar-refractivity contribution is 0.423. The molecule has 1 unspecified atom stereocenters. The van der Waals surface area contributed by atoms with Crippen molar-refractivity contribution in [2.24, 2.45) is 0 Å². The van der Waals surface area contributed by atoms with E-state index in [1.165, 1.54) is 5.56 Å². The van der Waals surface area contributed by atoms with Gasteiger partial charge in [0.1, 0.15) is 0 Å². The fourth-order valence-corrected chi connectivity index (χ4v) is 2.42. The summed E-state index contributed by atoms with van der Waals surface area (Å²) in [4.78, 5) is 0. The number of halogens is 1. The Balaban J connectivity index is 2.20. The van der Waals surface area contributed by atoms with Gasteiger partial charge in [0.25, 0.3) is 0 Å². The van der Waals surface area contributed by atoms with Crippen molar-refractivity contribution in [2.75, 3.05) is 6.54 Å². The van der Waals surface area contributed by atoms with Crippen molar-refractivity contribution in [1.29, 1.82) is 0 Å². The van der Waals surface area contributed by atoms with Gasteiger partial charge in [-0.3, -0.25) is 0 Å². The van der Waals surface area contributed by atoms with Gasteiger partial charge in [-0.1, -0.05) is 13.0 Å². The molecule has 2 aromatic rings. The molecule has 1 aromatic carbocycles. The van der Waals surface area contributed by atoms with E-state index < -0.39 is 0 Å². The zero-order valence-electron chi connectivity index (χ0n) is 11.4. The summed E-state index contributed by atoms with van der Waals surface area (Å²) in [7, 11) is 0. The van der Waals surface area contributed by atoms with Gasteiger partial charge in [0.05, 0.1) is 11.6 Å². The highest BCUT2D eigenvalue weighted by atomic mass is 79.9. The molecule has 0 aliphatic carbocycles. The summed E-state index contributed by atoms with van der Waals surface area (Å²) in [6, 6.07) is 6.13. The van der Waals surface area contributed by atoms with Gasteiger partial charge >= 0.3 is 0 Å². The van der Waals surface area contributed by atoms with Crippen LogP contribution in [0.25, 0.3) is 11.5 Å². The van der Waals surface area contributed by atoms with E-state index in [4.69, 9.17) is 4.42 Å². The maximum atomic E-state index is 5.73. The number of benzene rings is 1. The van der Waals surface area contributed by atoms with E-state index in [9.17, 15) is 0 Å². The smallest absolute Gasteiger partial charge is 0.248 e. The normalized spacial score (nSPS) is 12.6. The lowest BCUT2D eigenvalue weighted by atomic mass is 10.1.